The maximum atomic E-state index is 12.9. The number of pyridine rings is 1. The van der Waals surface area contributed by atoms with Gasteiger partial charge < -0.3 is 20.0 Å². The number of carbonyl (C=O) groups excluding carboxylic acids is 2. The Morgan fingerprint density at radius 3 is 2.69 bits per heavy atom. The van der Waals surface area contributed by atoms with Crippen molar-refractivity contribution in [2.75, 3.05) is 56.5 Å². The van der Waals surface area contributed by atoms with E-state index >= 15 is 0 Å². The van der Waals surface area contributed by atoms with E-state index < -0.39 is 0 Å². The van der Waals surface area contributed by atoms with E-state index in [-0.39, 0.29) is 11.8 Å². The zero-order valence-corrected chi connectivity index (χ0v) is 20.8. The van der Waals surface area contributed by atoms with Gasteiger partial charge in [-0.2, -0.15) is 5.26 Å². The highest BCUT2D eigenvalue weighted by Crippen LogP contribution is 2.30. The van der Waals surface area contributed by atoms with Crippen molar-refractivity contribution >= 4 is 34.9 Å². The molecular weight excluding hydrogens is 464 g/mol. The highest BCUT2D eigenvalue weighted by Gasteiger charge is 2.27. The standard InChI is InChI=1S/C26H31ClN6O2/c1-31-8-3-9-32(13-12-31)24(34)15-19-6-10-33(11-7-19)25-23(14-20(17-28)18-29-25)30-26(35)21-4-2-5-22(27)16-21/h2,4-5,14,16,18-19H,3,6-13,15H2,1H3,(H,30,35). The van der Waals surface area contributed by atoms with Crippen molar-refractivity contribution in [2.45, 2.75) is 25.7 Å². The second kappa shape index (κ2) is 11.5. The SMILES string of the molecule is CN1CCCN(C(=O)CC2CCN(c3ncc(C#N)cc3NC(=O)c3cccc(Cl)c3)CC2)CC1. The Hall–Kier alpha value is -3.15. The summed E-state index contributed by atoms with van der Waals surface area (Å²) in [6.07, 6.45) is 4.88. The van der Waals surface area contributed by atoms with Crippen LogP contribution >= 0.6 is 11.6 Å². The molecule has 0 spiro atoms. The first-order valence-corrected chi connectivity index (χ1v) is 12.5. The molecule has 4 rings (SSSR count). The fraction of sp³-hybridized carbons (Fsp3) is 0.462. The lowest BCUT2D eigenvalue weighted by Crippen LogP contribution is -2.39. The number of rotatable bonds is 5. The first kappa shape index (κ1) is 25.0. The molecule has 2 saturated heterocycles. The van der Waals surface area contributed by atoms with Crippen molar-refractivity contribution in [1.29, 1.82) is 5.26 Å². The number of hydrogen-bond acceptors (Lipinski definition) is 6. The number of aromatic nitrogens is 1. The van der Waals surface area contributed by atoms with Crippen LogP contribution in [0.1, 0.15) is 41.6 Å². The smallest absolute Gasteiger partial charge is 0.255 e. The Bertz CT molecular complexity index is 1110. The van der Waals surface area contributed by atoms with Crippen molar-refractivity contribution in [3.63, 3.8) is 0 Å². The van der Waals surface area contributed by atoms with Gasteiger partial charge in [-0.05, 0) is 63.0 Å². The monoisotopic (exact) mass is 494 g/mol. The van der Waals surface area contributed by atoms with E-state index in [1.54, 1.807) is 30.3 Å². The van der Waals surface area contributed by atoms with Crippen molar-refractivity contribution in [2.24, 2.45) is 5.92 Å². The van der Waals surface area contributed by atoms with E-state index in [0.717, 1.165) is 58.5 Å². The van der Waals surface area contributed by atoms with Crippen LogP contribution in [0.4, 0.5) is 11.5 Å². The molecule has 2 fully saturated rings. The minimum absolute atomic E-state index is 0.254. The third-order valence-electron chi connectivity index (χ3n) is 6.78. The molecular formula is C26H31ClN6O2. The molecule has 3 heterocycles. The number of benzene rings is 1. The number of nitrogens with zero attached hydrogens (tertiary/aromatic N) is 5. The average molecular weight is 495 g/mol. The molecule has 2 aliphatic heterocycles. The van der Waals surface area contributed by atoms with Crippen molar-refractivity contribution in [3.8, 4) is 6.07 Å². The summed E-state index contributed by atoms with van der Waals surface area (Å²) in [4.78, 5) is 36.6. The van der Waals surface area contributed by atoms with Crippen LogP contribution in [0.3, 0.4) is 0 Å². The maximum absolute atomic E-state index is 12.9. The van der Waals surface area contributed by atoms with Gasteiger partial charge in [-0.15, -0.1) is 0 Å². The summed E-state index contributed by atoms with van der Waals surface area (Å²) in [6.45, 7) is 5.08. The Kier molecular flexibility index (Phi) is 8.21. The molecule has 8 nitrogen and oxygen atoms in total. The minimum Gasteiger partial charge on any atom is -0.355 e. The highest BCUT2D eigenvalue weighted by atomic mass is 35.5. The van der Waals surface area contributed by atoms with Gasteiger partial charge in [0.05, 0.1) is 11.3 Å². The molecule has 0 bridgehead atoms. The third kappa shape index (κ3) is 6.50. The third-order valence-corrected chi connectivity index (χ3v) is 7.02. The number of hydrogen-bond donors (Lipinski definition) is 1. The van der Waals surface area contributed by atoms with E-state index in [1.165, 1.54) is 6.20 Å². The number of nitrogens with one attached hydrogen (secondary N) is 1. The van der Waals surface area contributed by atoms with Gasteiger partial charge in [0.25, 0.3) is 5.91 Å². The normalized spacial score (nSPS) is 17.5. The van der Waals surface area contributed by atoms with Crippen LogP contribution in [0, 0.1) is 17.2 Å². The lowest BCUT2D eigenvalue weighted by molar-refractivity contribution is -0.132. The van der Waals surface area contributed by atoms with E-state index in [9.17, 15) is 14.9 Å². The van der Waals surface area contributed by atoms with Gasteiger partial charge in [0.15, 0.2) is 5.82 Å². The van der Waals surface area contributed by atoms with Crippen LogP contribution in [0.2, 0.25) is 5.02 Å². The predicted molar refractivity (Wildman–Crippen MR) is 137 cm³/mol. The summed E-state index contributed by atoms with van der Waals surface area (Å²) in [7, 11) is 2.10. The molecule has 2 aromatic rings. The van der Waals surface area contributed by atoms with E-state index in [2.05, 4.69) is 33.2 Å². The number of piperidine rings is 1. The first-order valence-electron chi connectivity index (χ1n) is 12.1. The van der Waals surface area contributed by atoms with E-state index in [4.69, 9.17) is 11.6 Å². The molecule has 2 amide bonds. The second-order valence-electron chi connectivity index (χ2n) is 9.34. The molecule has 35 heavy (non-hydrogen) atoms. The van der Waals surface area contributed by atoms with Gasteiger partial charge in [0.2, 0.25) is 5.91 Å². The van der Waals surface area contributed by atoms with E-state index in [1.807, 2.05) is 4.90 Å². The van der Waals surface area contributed by atoms with Crippen LogP contribution in [0.15, 0.2) is 36.5 Å². The molecule has 2 aliphatic rings. The number of amides is 2. The van der Waals surface area contributed by atoms with Crippen molar-refractivity contribution in [3.05, 3.63) is 52.7 Å². The van der Waals surface area contributed by atoms with Crippen LogP contribution in [0.5, 0.6) is 0 Å². The summed E-state index contributed by atoms with van der Waals surface area (Å²) in [5.41, 5.74) is 1.30. The van der Waals surface area contributed by atoms with Crippen LogP contribution in [-0.2, 0) is 4.79 Å². The number of carbonyl (C=O) groups is 2. The molecule has 1 aromatic carbocycles. The second-order valence-corrected chi connectivity index (χ2v) is 9.78. The Balaban J connectivity index is 1.39. The number of nitriles is 1. The summed E-state index contributed by atoms with van der Waals surface area (Å²) >= 11 is 6.03. The molecule has 184 valence electrons. The number of anilines is 2. The molecule has 9 heteroatoms. The van der Waals surface area contributed by atoms with Crippen molar-refractivity contribution in [1.82, 2.24) is 14.8 Å². The van der Waals surface area contributed by atoms with Crippen LogP contribution < -0.4 is 10.2 Å². The van der Waals surface area contributed by atoms with Gasteiger partial charge in [0.1, 0.15) is 6.07 Å². The number of halogens is 1. The molecule has 1 N–H and O–H groups in total. The molecule has 0 atom stereocenters. The van der Waals surface area contributed by atoms with Gasteiger partial charge >= 0.3 is 0 Å². The van der Waals surface area contributed by atoms with Crippen molar-refractivity contribution < 1.29 is 9.59 Å². The summed E-state index contributed by atoms with van der Waals surface area (Å²) < 4.78 is 0. The van der Waals surface area contributed by atoms with Crippen LogP contribution in [-0.4, -0.2) is 72.9 Å². The predicted octanol–water partition coefficient (Wildman–Crippen LogP) is 3.63. The Morgan fingerprint density at radius 1 is 1.14 bits per heavy atom. The Morgan fingerprint density at radius 2 is 1.94 bits per heavy atom. The lowest BCUT2D eigenvalue weighted by Gasteiger charge is -2.34. The topological polar surface area (TPSA) is 92.6 Å². The fourth-order valence-electron chi connectivity index (χ4n) is 4.71. The van der Waals surface area contributed by atoms with Gasteiger partial charge in [-0.25, -0.2) is 4.98 Å². The minimum atomic E-state index is -0.311. The maximum Gasteiger partial charge on any atom is 0.255 e. The van der Waals surface area contributed by atoms with Gasteiger partial charge in [-0.1, -0.05) is 17.7 Å². The van der Waals surface area contributed by atoms with Crippen LogP contribution in [0.25, 0.3) is 0 Å². The molecule has 0 saturated carbocycles. The molecule has 1 aromatic heterocycles. The fourth-order valence-corrected chi connectivity index (χ4v) is 4.90. The zero-order valence-electron chi connectivity index (χ0n) is 20.0. The summed E-state index contributed by atoms with van der Waals surface area (Å²) in [5.74, 6) is 0.918. The zero-order chi connectivity index (χ0) is 24.8. The largest absolute Gasteiger partial charge is 0.355 e. The number of likely N-dealkylation sites (N-methyl/N-ethyl adjacent to an activating group) is 1. The van der Waals surface area contributed by atoms with Gasteiger partial charge in [-0.3, -0.25) is 9.59 Å². The first-order chi connectivity index (χ1) is 16.9. The summed E-state index contributed by atoms with van der Waals surface area (Å²) in [5, 5.41) is 12.7. The van der Waals surface area contributed by atoms with E-state index in [0.29, 0.717) is 40.0 Å². The lowest BCUT2D eigenvalue weighted by atomic mass is 9.92. The molecule has 0 aliphatic carbocycles. The molecule has 0 unspecified atom stereocenters. The Labute approximate surface area is 211 Å². The summed E-state index contributed by atoms with van der Waals surface area (Å²) in [6, 6.07) is 10.5. The van der Waals surface area contributed by atoms with Gasteiger partial charge in [0, 0.05) is 55.9 Å². The average Bonchev–Trinajstić information content (AvgIpc) is 3.09. The quantitative estimate of drug-likeness (QED) is 0.682. The highest BCUT2D eigenvalue weighted by molar-refractivity contribution is 6.31. The molecule has 0 radical (unpaired) electrons.